The third-order valence-corrected chi connectivity index (χ3v) is 11.7. The molecule has 0 saturated heterocycles. The molecule has 0 aliphatic heterocycles. The molecule has 0 aliphatic carbocycles. The molecule has 0 N–H and O–H groups in total. The van der Waals surface area contributed by atoms with Crippen LogP contribution in [-0.2, 0) is 0 Å². The van der Waals surface area contributed by atoms with Crippen molar-refractivity contribution in [1.82, 2.24) is 15.0 Å². The lowest BCUT2D eigenvalue weighted by Gasteiger charge is -2.10. The fourth-order valence-electron chi connectivity index (χ4n) is 7.83. The van der Waals surface area contributed by atoms with Gasteiger partial charge in [-0.05, 0) is 58.1 Å². The molecule has 0 radical (unpaired) electrons. The normalized spacial score (nSPS) is 11.6. The molecule has 8 aromatic carbocycles. The number of aromatic nitrogens is 3. The highest BCUT2D eigenvalue weighted by atomic mass is 32.1. The number of hydrogen-bond donors (Lipinski definition) is 0. The summed E-state index contributed by atoms with van der Waals surface area (Å²) in [6, 6.07) is 65.6. The van der Waals surface area contributed by atoms with Crippen molar-refractivity contribution in [3.63, 3.8) is 0 Å². The molecule has 0 spiro atoms. The average Bonchev–Trinajstić information content (AvgIpc) is 3.85. The summed E-state index contributed by atoms with van der Waals surface area (Å²) in [6.45, 7) is 0. The smallest absolute Gasteiger partial charge is 0.164 e. The van der Waals surface area contributed by atoms with E-state index in [1.165, 1.54) is 31.3 Å². The summed E-state index contributed by atoms with van der Waals surface area (Å²) in [7, 11) is 0. The quantitative estimate of drug-likeness (QED) is 0.171. The van der Waals surface area contributed by atoms with Gasteiger partial charge in [-0.2, -0.15) is 0 Å². The van der Waals surface area contributed by atoms with Gasteiger partial charge in [0.1, 0.15) is 11.2 Å². The number of para-hydroxylation sites is 1. The van der Waals surface area contributed by atoms with Gasteiger partial charge in [0, 0.05) is 53.2 Å². The van der Waals surface area contributed by atoms with Crippen molar-refractivity contribution in [2.75, 3.05) is 0 Å². The van der Waals surface area contributed by atoms with Crippen LogP contribution >= 0.6 is 11.3 Å². The monoisotopic (exact) mass is 733 g/mol. The average molecular weight is 734 g/mol. The molecule has 11 rings (SSSR count). The number of furan rings is 1. The van der Waals surface area contributed by atoms with E-state index in [2.05, 4.69) is 127 Å². The summed E-state index contributed by atoms with van der Waals surface area (Å²) in [5.41, 5.74) is 11.4. The minimum Gasteiger partial charge on any atom is -0.455 e. The van der Waals surface area contributed by atoms with E-state index < -0.39 is 0 Å². The van der Waals surface area contributed by atoms with Gasteiger partial charge in [0.15, 0.2) is 17.5 Å². The first kappa shape index (κ1) is 32.2. The van der Waals surface area contributed by atoms with Crippen LogP contribution in [0.3, 0.4) is 0 Å². The molecular formula is C51H31N3OS. The Balaban J connectivity index is 1.02. The van der Waals surface area contributed by atoms with E-state index in [1.807, 2.05) is 72.0 Å². The van der Waals surface area contributed by atoms with Crippen molar-refractivity contribution in [2.24, 2.45) is 0 Å². The Morgan fingerprint density at radius 1 is 0.339 bits per heavy atom. The third kappa shape index (κ3) is 5.56. The number of benzene rings is 8. The van der Waals surface area contributed by atoms with Gasteiger partial charge in [-0.25, -0.2) is 15.0 Å². The second-order valence-electron chi connectivity index (χ2n) is 14.0. The van der Waals surface area contributed by atoms with E-state index in [4.69, 9.17) is 19.4 Å². The standard InChI is InChI=1S/C51H31N3OS/c1-4-13-32(14-5-1)35-25-27-41-43-30-37(26-28-45(43)56-46(41)31-35)40-22-11-23-42-47-39(21-12-24-44(47)55-48(40)42)36-19-10-20-38(29-36)51-53-49(33-15-6-2-7-16-33)52-50(54-51)34-17-8-3-9-18-34/h1-31H. The summed E-state index contributed by atoms with van der Waals surface area (Å²) in [4.78, 5) is 14.9. The van der Waals surface area contributed by atoms with E-state index in [1.54, 1.807) is 0 Å². The molecule has 3 aromatic heterocycles. The Morgan fingerprint density at radius 3 is 1.64 bits per heavy atom. The molecule has 0 fully saturated rings. The van der Waals surface area contributed by atoms with Gasteiger partial charge in [0.25, 0.3) is 0 Å². The SMILES string of the molecule is c1ccc(-c2ccc3c(c2)sc2ccc(-c4cccc5c4oc4cccc(-c6cccc(-c7nc(-c8ccccc8)nc(-c8ccccc8)n7)c6)c45)cc23)cc1. The molecule has 3 heterocycles. The van der Waals surface area contributed by atoms with Gasteiger partial charge in [-0.3, -0.25) is 0 Å². The predicted octanol–water partition coefficient (Wildman–Crippen LogP) is 14.1. The van der Waals surface area contributed by atoms with E-state index in [-0.39, 0.29) is 0 Å². The molecule has 0 saturated carbocycles. The molecule has 0 atom stereocenters. The van der Waals surface area contributed by atoms with Crippen LogP contribution in [0.5, 0.6) is 0 Å². The van der Waals surface area contributed by atoms with Gasteiger partial charge in [-0.1, -0.05) is 158 Å². The molecule has 4 nitrogen and oxygen atoms in total. The number of hydrogen-bond acceptors (Lipinski definition) is 5. The van der Waals surface area contributed by atoms with Crippen molar-refractivity contribution in [1.29, 1.82) is 0 Å². The van der Waals surface area contributed by atoms with Crippen molar-refractivity contribution >= 4 is 53.4 Å². The van der Waals surface area contributed by atoms with E-state index in [0.717, 1.165) is 60.9 Å². The topological polar surface area (TPSA) is 51.8 Å². The minimum atomic E-state index is 0.624. The Morgan fingerprint density at radius 2 is 0.911 bits per heavy atom. The molecule has 262 valence electrons. The van der Waals surface area contributed by atoms with Gasteiger partial charge in [0.2, 0.25) is 0 Å². The van der Waals surface area contributed by atoms with E-state index in [9.17, 15) is 0 Å². The zero-order chi connectivity index (χ0) is 37.0. The maximum absolute atomic E-state index is 6.76. The zero-order valence-corrected chi connectivity index (χ0v) is 30.9. The maximum atomic E-state index is 6.76. The molecular weight excluding hydrogens is 703 g/mol. The van der Waals surface area contributed by atoms with Gasteiger partial charge in [0.05, 0.1) is 0 Å². The molecule has 11 aromatic rings. The number of thiophene rings is 1. The lowest BCUT2D eigenvalue weighted by molar-refractivity contribution is 0.670. The van der Waals surface area contributed by atoms with Crippen LogP contribution in [0.2, 0.25) is 0 Å². The lowest BCUT2D eigenvalue weighted by Crippen LogP contribution is -2.00. The number of fused-ring (bicyclic) bond motifs is 6. The van der Waals surface area contributed by atoms with Crippen LogP contribution in [-0.4, -0.2) is 15.0 Å². The van der Waals surface area contributed by atoms with Crippen LogP contribution in [0.15, 0.2) is 192 Å². The van der Waals surface area contributed by atoms with Crippen molar-refractivity contribution in [3.05, 3.63) is 188 Å². The second kappa shape index (κ2) is 13.3. The summed E-state index contributed by atoms with van der Waals surface area (Å²) in [5, 5.41) is 4.70. The van der Waals surface area contributed by atoms with Crippen molar-refractivity contribution in [2.45, 2.75) is 0 Å². The van der Waals surface area contributed by atoms with Crippen molar-refractivity contribution in [3.8, 4) is 67.5 Å². The fraction of sp³-hybridized carbons (Fsp3) is 0. The highest BCUT2D eigenvalue weighted by molar-refractivity contribution is 7.25. The molecule has 56 heavy (non-hydrogen) atoms. The molecule has 0 amide bonds. The zero-order valence-electron chi connectivity index (χ0n) is 30.1. The first-order chi connectivity index (χ1) is 27.7. The molecule has 0 bridgehead atoms. The summed E-state index contributed by atoms with van der Waals surface area (Å²) in [5.74, 6) is 1.90. The third-order valence-electron chi connectivity index (χ3n) is 10.5. The molecule has 0 aliphatic rings. The Hall–Kier alpha value is -7.21. The highest BCUT2D eigenvalue weighted by Gasteiger charge is 2.18. The van der Waals surface area contributed by atoms with Gasteiger partial charge < -0.3 is 4.42 Å². The van der Waals surface area contributed by atoms with Crippen LogP contribution in [0.1, 0.15) is 0 Å². The highest BCUT2D eigenvalue weighted by Crippen LogP contribution is 2.43. The Labute approximate surface area is 327 Å². The number of rotatable bonds is 6. The summed E-state index contributed by atoms with van der Waals surface area (Å²) >= 11 is 1.84. The lowest BCUT2D eigenvalue weighted by atomic mass is 9.96. The Kier molecular flexibility index (Phi) is 7.64. The van der Waals surface area contributed by atoms with Crippen LogP contribution < -0.4 is 0 Å². The maximum Gasteiger partial charge on any atom is 0.164 e. The van der Waals surface area contributed by atoms with Crippen LogP contribution in [0, 0.1) is 0 Å². The predicted molar refractivity (Wildman–Crippen MR) is 233 cm³/mol. The first-order valence-corrected chi connectivity index (χ1v) is 19.5. The van der Waals surface area contributed by atoms with Gasteiger partial charge in [-0.15, -0.1) is 11.3 Å². The van der Waals surface area contributed by atoms with Crippen molar-refractivity contribution < 1.29 is 4.42 Å². The van der Waals surface area contributed by atoms with E-state index >= 15 is 0 Å². The Bertz CT molecular complexity index is 3180. The minimum absolute atomic E-state index is 0.624. The summed E-state index contributed by atoms with van der Waals surface area (Å²) in [6.07, 6.45) is 0. The first-order valence-electron chi connectivity index (χ1n) is 18.7. The largest absolute Gasteiger partial charge is 0.455 e. The second-order valence-corrected chi connectivity index (χ2v) is 15.1. The molecule has 0 unspecified atom stereocenters. The van der Waals surface area contributed by atoms with Crippen LogP contribution in [0.4, 0.5) is 0 Å². The van der Waals surface area contributed by atoms with Crippen LogP contribution in [0.25, 0.3) is 110 Å². The fourth-order valence-corrected chi connectivity index (χ4v) is 8.96. The van der Waals surface area contributed by atoms with E-state index in [0.29, 0.717) is 17.5 Å². The molecule has 5 heteroatoms. The number of nitrogens with zero attached hydrogens (tertiary/aromatic N) is 3. The summed E-state index contributed by atoms with van der Waals surface area (Å²) < 4.78 is 9.32. The van der Waals surface area contributed by atoms with Gasteiger partial charge >= 0.3 is 0 Å².